The Morgan fingerprint density at radius 3 is 2.58 bits per heavy atom. The molecule has 1 saturated heterocycles. The van der Waals surface area contributed by atoms with Crippen LogP contribution in [-0.2, 0) is 12.7 Å². The molecule has 5 rings (SSSR count). The van der Waals surface area contributed by atoms with Crippen LogP contribution in [0.4, 0.5) is 13.2 Å². The van der Waals surface area contributed by atoms with E-state index in [1.165, 1.54) is 0 Å². The smallest absolute Gasteiger partial charge is 0.359 e. The lowest BCUT2D eigenvalue weighted by Crippen LogP contribution is -2.44. The highest BCUT2D eigenvalue weighted by molar-refractivity contribution is 6.05. The third kappa shape index (κ3) is 3.68. The van der Waals surface area contributed by atoms with E-state index in [9.17, 15) is 13.2 Å². The van der Waals surface area contributed by atoms with Crippen molar-refractivity contribution in [2.45, 2.75) is 19.6 Å². The number of nitrogens with zero attached hydrogens (tertiary/aromatic N) is 4. The SMILES string of the molecule is Cc1ccc2c(c1)nc(C(F)(F)F)c1nc(-c3ccc[nH]3)n(CCN3CCNCC3)c12. The largest absolute Gasteiger partial charge is 0.435 e. The molecule has 1 aliphatic rings. The van der Waals surface area contributed by atoms with Gasteiger partial charge in [0.25, 0.3) is 0 Å². The van der Waals surface area contributed by atoms with Gasteiger partial charge in [-0.05, 0) is 30.7 Å². The third-order valence-electron chi connectivity index (χ3n) is 5.79. The molecule has 0 radical (unpaired) electrons. The van der Waals surface area contributed by atoms with Gasteiger partial charge in [0.05, 0.1) is 16.7 Å². The van der Waals surface area contributed by atoms with Crippen LogP contribution in [0.15, 0.2) is 36.5 Å². The Bertz CT molecular complexity index is 1220. The third-order valence-corrected chi connectivity index (χ3v) is 5.79. The summed E-state index contributed by atoms with van der Waals surface area (Å²) in [5.41, 5.74) is 1.33. The summed E-state index contributed by atoms with van der Waals surface area (Å²) in [6.07, 6.45) is -2.85. The number of H-pyrrole nitrogens is 1. The number of rotatable bonds is 4. The molecule has 3 aromatic heterocycles. The number of hydrogen-bond acceptors (Lipinski definition) is 4. The molecule has 1 fully saturated rings. The number of aromatic amines is 1. The summed E-state index contributed by atoms with van der Waals surface area (Å²) < 4.78 is 43.8. The maximum Gasteiger partial charge on any atom is 0.435 e. The van der Waals surface area contributed by atoms with Crippen molar-refractivity contribution < 1.29 is 13.2 Å². The van der Waals surface area contributed by atoms with Crippen LogP contribution >= 0.6 is 0 Å². The van der Waals surface area contributed by atoms with Crippen molar-refractivity contribution in [2.24, 2.45) is 0 Å². The summed E-state index contributed by atoms with van der Waals surface area (Å²) in [4.78, 5) is 13.9. The first-order valence-electron chi connectivity index (χ1n) is 10.4. The molecule has 2 N–H and O–H groups in total. The van der Waals surface area contributed by atoms with Crippen LogP contribution in [0.25, 0.3) is 33.5 Å². The Morgan fingerprint density at radius 2 is 1.87 bits per heavy atom. The van der Waals surface area contributed by atoms with Crippen molar-refractivity contribution in [1.82, 2.24) is 29.7 Å². The number of imidazole rings is 1. The van der Waals surface area contributed by atoms with Crippen LogP contribution in [0, 0.1) is 6.92 Å². The van der Waals surface area contributed by atoms with Gasteiger partial charge >= 0.3 is 6.18 Å². The second-order valence-electron chi connectivity index (χ2n) is 7.94. The van der Waals surface area contributed by atoms with Crippen molar-refractivity contribution in [3.05, 3.63) is 47.8 Å². The number of pyridine rings is 1. The van der Waals surface area contributed by atoms with Gasteiger partial charge in [-0.2, -0.15) is 13.2 Å². The van der Waals surface area contributed by atoms with E-state index >= 15 is 0 Å². The van der Waals surface area contributed by atoms with Crippen molar-refractivity contribution in [3.63, 3.8) is 0 Å². The molecule has 4 heterocycles. The van der Waals surface area contributed by atoms with Crippen LogP contribution in [0.1, 0.15) is 11.3 Å². The average molecular weight is 428 g/mol. The van der Waals surface area contributed by atoms with Gasteiger partial charge in [-0.15, -0.1) is 0 Å². The maximum atomic E-state index is 14.0. The van der Waals surface area contributed by atoms with Crippen LogP contribution in [0.5, 0.6) is 0 Å². The number of fused-ring (bicyclic) bond motifs is 3. The van der Waals surface area contributed by atoms with Gasteiger partial charge in [-0.3, -0.25) is 4.90 Å². The van der Waals surface area contributed by atoms with Gasteiger partial charge < -0.3 is 14.9 Å². The summed E-state index contributed by atoms with van der Waals surface area (Å²) in [6, 6.07) is 9.10. The van der Waals surface area contributed by atoms with Crippen LogP contribution in [0.3, 0.4) is 0 Å². The Kier molecular flexibility index (Phi) is 4.94. The summed E-state index contributed by atoms with van der Waals surface area (Å²) in [5.74, 6) is 0.496. The molecular formula is C22H23F3N6. The molecule has 0 saturated carbocycles. The Balaban J connectivity index is 1.75. The average Bonchev–Trinajstić information content (AvgIpc) is 3.39. The second kappa shape index (κ2) is 7.65. The number of aryl methyl sites for hydroxylation is 1. The van der Waals surface area contributed by atoms with Crippen LogP contribution in [0.2, 0.25) is 0 Å². The Labute approximate surface area is 177 Å². The first-order valence-corrected chi connectivity index (χ1v) is 10.4. The normalized spacial score (nSPS) is 15.9. The van der Waals surface area contributed by atoms with E-state index in [2.05, 4.69) is 25.2 Å². The van der Waals surface area contributed by atoms with Crippen LogP contribution < -0.4 is 5.32 Å². The maximum absolute atomic E-state index is 14.0. The molecule has 9 heteroatoms. The lowest BCUT2D eigenvalue weighted by molar-refractivity contribution is -0.139. The molecular weight excluding hydrogens is 405 g/mol. The second-order valence-corrected chi connectivity index (χ2v) is 7.94. The van der Waals surface area contributed by atoms with Crippen LogP contribution in [-0.4, -0.2) is 57.1 Å². The fraction of sp³-hybridized carbons (Fsp3) is 0.364. The van der Waals surface area contributed by atoms with E-state index in [4.69, 9.17) is 0 Å². The van der Waals surface area contributed by atoms with Gasteiger partial charge in [0, 0.05) is 50.9 Å². The fourth-order valence-electron chi connectivity index (χ4n) is 4.27. The summed E-state index contributed by atoms with van der Waals surface area (Å²) in [7, 11) is 0. The summed E-state index contributed by atoms with van der Waals surface area (Å²) in [5, 5.41) is 4.01. The monoisotopic (exact) mass is 428 g/mol. The van der Waals surface area contributed by atoms with Gasteiger partial charge in [0.15, 0.2) is 11.5 Å². The van der Waals surface area contributed by atoms with E-state index in [-0.39, 0.29) is 5.52 Å². The number of halogens is 3. The highest BCUT2D eigenvalue weighted by Crippen LogP contribution is 2.38. The first-order chi connectivity index (χ1) is 14.9. The molecule has 0 atom stereocenters. The minimum absolute atomic E-state index is 0.103. The van der Waals surface area contributed by atoms with Gasteiger partial charge in [0.2, 0.25) is 0 Å². The standard InChI is InChI=1S/C22H23F3N6/c1-14-4-5-15-17(13-14)28-20(22(23,24)25)18-19(15)31(12-11-30-9-7-26-8-10-30)21(29-18)16-3-2-6-27-16/h2-6,13,26-27H,7-12H2,1H3. The number of piperazine rings is 1. The predicted octanol–water partition coefficient (Wildman–Crippen LogP) is 3.81. The van der Waals surface area contributed by atoms with E-state index in [1.807, 2.05) is 35.8 Å². The van der Waals surface area contributed by atoms with E-state index in [0.717, 1.165) is 38.3 Å². The molecule has 0 unspecified atom stereocenters. The van der Waals surface area contributed by atoms with Crippen molar-refractivity contribution in [1.29, 1.82) is 0 Å². The highest BCUT2D eigenvalue weighted by atomic mass is 19.4. The fourth-order valence-corrected chi connectivity index (χ4v) is 4.27. The minimum Gasteiger partial charge on any atom is -0.359 e. The number of benzene rings is 1. The van der Waals surface area contributed by atoms with Gasteiger partial charge in [0.1, 0.15) is 5.52 Å². The van der Waals surface area contributed by atoms with Gasteiger partial charge in [-0.1, -0.05) is 12.1 Å². The van der Waals surface area contributed by atoms with Crippen molar-refractivity contribution in [2.75, 3.05) is 32.7 Å². The van der Waals surface area contributed by atoms with E-state index < -0.39 is 11.9 Å². The molecule has 0 aliphatic carbocycles. The Morgan fingerprint density at radius 1 is 1.06 bits per heavy atom. The minimum atomic E-state index is -4.60. The van der Waals surface area contributed by atoms with E-state index in [0.29, 0.717) is 34.5 Å². The molecule has 162 valence electrons. The highest BCUT2D eigenvalue weighted by Gasteiger charge is 2.37. The molecule has 0 bridgehead atoms. The van der Waals surface area contributed by atoms with Crippen molar-refractivity contribution in [3.8, 4) is 11.5 Å². The van der Waals surface area contributed by atoms with Crippen molar-refractivity contribution >= 4 is 21.9 Å². The molecule has 1 aliphatic heterocycles. The number of nitrogens with one attached hydrogen (secondary N) is 2. The molecule has 0 amide bonds. The number of hydrogen-bond donors (Lipinski definition) is 2. The molecule has 31 heavy (non-hydrogen) atoms. The number of alkyl halides is 3. The molecule has 0 spiro atoms. The molecule has 4 aromatic rings. The molecule has 6 nitrogen and oxygen atoms in total. The quantitative estimate of drug-likeness (QED) is 0.519. The zero-order valence-electron chi connectivity index (χ0n) is 17.1. The van der Waals surface area contributed by atoms with Gasteiger partial charge in [-0.25, -0.2) is 9.97 Å². The lowest BCUT2D eigenvalue weighted by atomic mass is 10.1. The summed E-state index contributed by atoms with van der Waals surface area (Å²) in [6.45, 7) is 6.79. The zero-order chi connectivity index (χ0) is 21.6. The predicted molar refractivity (Wildman–Crippen MR) is 114 cm³/mol. The zero-order valence-corrected chi connectivity index (χ0v) is 17.1. The Hall–Kier alpha value is -2.91. The lowest BCUT2D eigenvalue weighted by Gasteiger charge is -2.27. The molecule has 1 aromatic carbocycles. The summed E-state index contributed by atoms with van der Waals surface area (Å²) >= 11 is 0. The number of aromatic nitrogens is 4. The van der Waals surface area contributed by atoms with E-state index in [1.54, 1.807) is 12.3 Å². The first kappa shape index (κ1) is 20.0. The topological polar surface area (TPSA) is 61.8 Å².